The third-order valence-electron chi connectivity index (χ3n) is 4.94. The fraction of sp³-hybridized carbons (Fsp3) is 0.450. The first-order valence-electron chi connectivity index (χ1n) is 9.11. The average Bonchev–Trinajstić information content (AvgIpc) is 3.10. The second kappa shape index (κ2) is 8.45. The van der Waals surface area contributed by atoms with Gasteiger partial charge in [0.1, 0.15) is 5.01 Å². The monoisotopic (exact) mass is 372 g/mol. The number of carboxylic acids is 1. The van der Waals surface area contributed by atoms with Crippen LogP contribution in [0.15, 0.2) is 29.6 Å². The van der Waals surface area contributed by atoms with Crippen LogP contribution >= 0.6 is 11.3 Å². The van der Waals surface area contributed by atoms with E-state index in [1.165, 1.54) is 5.56 Å². The molecule has 3 rings (SSSR count). The molecule has 2 aromatic rings. The molecule has 1 aliphatic carbocycles. The first kappa shape index (κ1) is 18.6. The highest BCUT2D eigenvalue weighted by molar-refractivity contribution is 7.13. The van der Waals surface area contributed by atoms with Crippen molar-refractivity contribution in [2.45, 2.75) is 51.5 Å². The first-order chi connectivity index (χ1) is 12.5. The number of carbonyl (C=O) groups is 2. The van der Waals surface area contributed by atoms with Crippen LogP contribution in [-0.4, -0.2) is 28.0 Å². The Hall–Kier alpha value is -2.21. The molecule has 1 aromatic heterocycles. The van der Waals surface area contributed by atoms with E-state index in [4.69, 9.17) is 5.11 Å². The van der Waals surface area contributed by atoms with Crippen molar-refractivity contribution < 1.29 is 14.7 Å². The van der Waals surface area contributed by atoms with Gasteiger partial charge in [0, 0.05) is 17.0 Å². The molecule has 5 nitrogen and oxygen atoms in total. The van der Waals surface area contributed by atoms with Gasteiger partial charge in [-0.1, -0.05) is 31.2 Å². The maximum Gasteiger partial charge on any atom is 0.306 e. The van der Waals surface area contributed by atoms with Crippen molar-refractivity contribution in [3.63, 3.8) is 0 Å². The number of hydrogen-bond acceptors (Lipinski definition) is 4. The van der Waals surface area contributed by atoms with E-state index in [0.29, 0.717) is 12.8 Å². The zero-order valence-corrected chi connectivity index (χ0v) is 15.7. The highest BCUT2D eigenvalue weighted by Crippen LogP contribution is 2.26. The predicted molar refractivity (Wildman–Crippen MR) is 102 cm³/mol. The van der Waals surface area contributed by atoms with Crippen molar-refractivity contribution in [2.24, 2.45) is 5.92 Å². The van der Waals surface area contributed by atoms with E-state index in [1.807, 2.05) is 5.38 Å². The van der Waals surface area contributed by atoms with Gasteiger partial charge in [-0.3, -0.25) is 9.59 Å². The zero-order chi connectivity index (χ0) is 18.5. The highest BCUT2D eigenvalue weighted by atomic mass is 32.1. The number of carbonyl (C=O) groups excluding carboxylic acids is 1. The number of aryl methyl sites for hydroxylation is 1. The largest absolute Gasteiger partial charge is 0.481 e. The number of nitrogens with one attached hydrogen (secondary N) is 1. The van der Waals surface area contributed by atoms with Crippen molar-refractivity contribution in [3.8, 4) is 10.6 Å². The smallest absolute Gasteiger partial charge is 0.306 e. The summed E-state index contributed by atoms with van der Waals surface area (Å²) in [5, 5.41) is 14.9. The third kappa shape index (κ3) is 4.69. The molecule has 0 atom stereocenters. The lowest BCUT2D eigenvalue weighted by molar-refractivity contribution is -0.142. The van der Waals surface area contributed by atoms with E-state index in [2.05, 4.69) is 41.5 Å². The van der Waals surface area contributed by atoms with Gasteiger partial charge in [0.15, 0.2) is 0 Å². The molecule has 138 valence electrons. The summed E-state index contributed by atoms with van der Waals surface area (Å²) in [6, 6.07) is 8.44. The van der Waals surface area contributed by atoms with Gasteiger partial charge < -0.3 is 10.4 Å². The molecular weight excluding hydrogens is 348 g/mol. The lowest BCUT2D eigenvalue weighted by atomic mass is 9.86. The standard InChI is InChI=1S/C20H24N2O3S/c1-2-13-3-5-14(6-4-13)19-22-17(12-26-19)11-18(23)21-16-9-7-15(8-10-16)20(24)25/h3-6,12,15-16H,2,7-11H2,1H3,(H,21,23)(H,24,25). The van der Waals surface area contributed by atoms with Crippen LogP contribution in [0, 0.1) is 5.92 Å². The van der Waals surface area contributed by atoms with E-state index < -0.39 is 5.97 Å². The van der Waals surface area contributed by atoms with Crippen molar-refractivity contribution in [2.75, 3.05) is 0 Å². The van der Waals surface area contributed by atoms with Gasteiger partial charge in [0.25, 0.3) is 0 Å². The van der Waals surface area contributed by atoms with E-state index in [-0.39, 0.29) is 24.3 Å². The fourth-order valence-corrected chi connectivity index (χ4v) is 4.16. The lowest BCUT2D eigenvalue weighted by Gasteiger charge is -2.26. The van der Waals surface area contributed by atoms with Crippen LogP contribution in [-0.2, 0) is 22.4 Å². The average molecular weight is 372 g/mol. The van der Waals surface area contributed by atoms with Crippen LogP contribution in [0.3, 0.4) is 0 Å². The minimum Gasteiger partial charge on any atom is -0.481 e. The Kier molecular flexibility index (Phi) is 6.04. The molecular formula is C20H24N2O3S. The Morgan fingerprint density at radius 3 is 2.50 bits per heavy atom. The molecule has 2 N–H and O–H groups in total. The molecule has 1 aliphatic rings. The molecule has 1 aromatic carbocycles. The molecule has 26 heavy (non-hydrogen) atoms. The Labute approximate surface area is 157 Å². The Bertz CT molecular complexity index is 762. The number of carboxylic acid groups (broad SMARTS) is 1. The number of aliphatic carboxylic acids is 1. The summed E-state index contributed by atoms with van der Waals surface area (Å²) in [7, 11) is 0. The summed E-state index contributed by atoms with van der Waals surface area (Å²) < 4.78 is 0. The van der Waals surface area contributed by atoms with Gasteiger partial charge >= 0.3 is 5.97 Å². The quantitative estimate of drug-likeness (QED) is 0.811. The maximum absolute atomic E-state index is 12.3. The summed E-state index contributed by atoms with van der Waals surface area (Å²) in [4.78, 5) is 27.8. The summed E-state index contributed by atoms with van der Waals surface area (Å²) in [6.07, 6.45) is 4.01. The zero-order valence-electron chi connectivity index (χ0n) is 14.9. The number of rotatable bonds is 6. The Morgan fingerprint density at radius 1 is 1.19 bits per heavy atom. The van der Waals surface area contributed by atoms with Crippen LogP contribution in [0.2, 0.25) is 0 Å². The van der Waals surface area contributed by atoms with Crippen LogP contribution < -0.4 is 5.32 Å². The van der Waals surface area contributed by atoms with Gasteiger partial charge in [-0.15, -0.1) is 11.3 Å². The molecule has 0 aliphatic heterocycles. The van der Waals surface area contributed by atoms with Gasteiger partial charge in [0.2, 0.25) is 5.91 Å². The van der Waals surface area contributed by atoms with Gasteiger partial charge in [0.05, 0.1) is 18.0 Å². The minimum atomic E-state index is -0.725. The molecule has 0 bridgehead atoms. The number of thiazole rings is 1. The molecule has 0 saturated heterocycles. The fourth-order valence-electron chi connectivity index (χ4n) is 3.33. The third-order valence-corrected chi connectivity index (χ3v) is 5.88. The van der Waals surface area contributed by atoms with Crippen LogP contribution in [0.5, 0.6) is 0 Å². The van der Waals surface area contributed by atoms with E-state index in [1.54, 1.807) is 11.3 Å². The number of nitrogens with zero attached hydrogens (tertiary/aromatic N) is 1. The number of aromatic nitrogens is 1. The molecule has 6 heteroatoms. The van der Waals surface area contributed by atoms with E-state index in [9.17, 15) is 9.59 Å². The Balaban J connectivity index is 1.52. The second-order valence-electron chi connectivity index (χ2n) is 6.83. The molecule has 0 spiro atoms. The number of amides is 1. The van der Waals surface area contributed by atoms with Crippen LogP contribution in [0.4, 0.5) is 0 Å². The topological polar surface area (TPSA) is 79.3 Å². The first-order valence-corrected chi connectivity index (χ1v) is 9.99. The van der Waals surface area contributed by atoms with Crippen molar-refractivity contribution in [1.29, 1.82) is 0 Å². The van der Waals surface area contributed by atoms with Gasteiger partial charge in [-0.05, 0) is 37.7 Å². The van der Waals surface area contributed by atoms with E-state index >= 15 is 0 Å². The van der Waals surface area contributed by atoms with E-state index in [0.717, 1.165) is 35.5 Å². The summed E-state index contributed by atoms with van der Waals surface area (Å²) in [5.74, 6) is -1.03. The summed E-state index contributed by atoms with van der Waals surface area (Å²) >= 11 is 1.55. The molecule has 1 heterocycles. The highest BCUT2D eigenvalue weighted by Gasteiger charge is 2.26. The molecule has 0 unspecified atom stereocenters. The lowest BCUT2D eigenvalue weighted by Crippen LogP contribution is -2.39. The van der Waals surface area contributed by atoms with Crippen molar-refractivity contribution in [3.05, 3.63) is 40.9 Å². The molecule has 0 radical (unpaired) electrons. The minimum absolute atomic E-state index is 0.0399. The normalized spacial score (nSPS) is 19.9. The summed E-state index contributed by atoms with van der Waals surface area (Å²) in [5.41, 5.74) is 3.15. The van der Waals surface area contributed by atoms with Crippen LogP contribution in [0.1, 0.15) is 43.9 Å². The predicted octanol–water partition coefficient (Wildman–Crippen LogP) is 3.67. The molecule has 1 saturated carbocycles. The SMILES string of the molecule is CCc1ccc(-c2nc(CC(=O)NC3CCC(C(=O)O)CC3)cs2)cc1. The molecule has 1 amide bonds. The van der Waals surface area contributed by atoms with Crippen LogP contribution in [0.25, 0.3) is 10.6 Å². The second-order valence-corrected chi connectivity index (χ2v) is 7.68. The summed E-state index contributed by atoms with van der Waals surface area (Å²) in [6.45, 7) is 2.13. The van der Waals surface area contributed by atoms with Crippen molar-refractivity contribution >= 4 is 23.2 Å². The van der Waals surface area contributed by atoms with Gasteiger partial charge in [-0.25, -0.2) is 4.98 Å². The number of hydrogen-bond donors (Lipinski definition) is 2. The van der Waals surface area contributed by atoms with Gasteiger partial charge in [-0.2, -0.15) is 0 Å². The molecule has 1 fully saturated rings. The van der Waals surface area contributed by atoms with Crippen molar-refractivity contribution in [1.82, 2.24) is 10.3 Å². The number of benzene rings is 1. The Morgan fingerprint density at radius 2 is 1.88 bits per heavy atom. The maximum atomic E-state index is 12.3.